The fourth-order valence-electron chi connectivity index (χ4n) is 2.20. The summed E-state index contributed by atoms with van der Waals surface area (Å²) in [6.45, 7) is 6.22. The van der Waals surface area contributed by atoms with Crippen molar-refractivity contribution in [1.82, 2.24) is 0 Å². The van der Waals surface area contributed by atoms with Gasteiger partial charge in [-0.05, 0) is 37.0 Å². The second-order valence-electron chi connectivity index (χ2n) is 5.28. The minimum Gasteiger partial charge on any atom is -0.497 e. The molecular weight excluding hydrogens is 224 g/mol. The molecule has 102 valence electrons. The van der Waals surface area contributed by atoms with Crippen LogP contribution in [0.5, 0.6) is 5.75 Å². The molecule has 0 saturated carbocycles. The molecule has 18 heavy (non-hydrogen) atoms. The summed E-state index contributed by atoms with van der Waals surface area (Å²) in [6, 6.07) is 7.73. The minimum absolute atomic E-state index is 0.246. The van der Waals surface area contributed by atoms with E-state index in [1.54, 1.807) is 7.11 Å². The van der Waals surface area contributed by atoms with E-state index in [1.165, 1.54) is 19.3 Å². The Hall–Kier alpha value is -1.02. The lowest BCUT2D eigenvalue weighted by Gasteiger charge is -2.31. The van der Waals surface area contributed by atoms with Gasteiger partial charge in [0.1, 0.15) is 5.75 Å². The van der Waals surface area contributed by atoms with Crippen LogP contribution in [0.3, 0.4) is 0 Å². The van der Waals surface area contributed by atoms with Crippen LogP contribution in [0.25, 0.3) is 0 Å². The lowest BCUT2D eigenvalue weighted by atomic mass is 9.81. The van der Waals surface area contributed by atoms with E-state index >= 15 is 0 Å². The molecule has 0 aliphatic carbocycles. The molecule has 0 aliphatic rings. The van der Waals surface area contributed by atoms with E-state index in [4.69, 9.17) is 4.74 Å². The molecule has 0 unspecified atom stereocenters. The topological polar surface area (TPSA) is 29.5 Å². The zero-order valence-electron chi connectivity index (χ0n) is 12.1. The van der Waals surface area contributed by atoms with E-state index in [1.807, 2.05) is 31.2 Å². The zero-order chi connectivity index (χ0) is 13.6. The van der Waals surface area contributed by atoms with Crippen LogP contribution in [-0.4, -0.2) is 12.2 Å². The van der Waals surface area contributed by atoms with Crippen LogP contribution in [0.2, 0.25) is 0 Å². The molecule has 1 aromatic carbocycles. The summed E-state index contributed by atoms with van der Waals surface area (Å²) in [7, 11) is 1.65. The molecule has 2 heteroatoms. The number of hydrogen-bond acceptors (Lipinski definition) is 2. The van der Waals surface area contributed by atoms with E-state index in [-0.39, 0.29) is 5.92 Å². The molecule has 0 amide bonds. The van der Waals surface area contributed by atoms with Crippen molar-refractivity contribution in [3.8, 4) is 5.75 Å². The van der Waals surface area contributed by atoms with E-state index in [0.717, 1.165) is 17.7 Å². The van der Waals surface area contributed by atoms with Gasteiger partial charge in [-0.2, -0.15) is 0 Å². The van der Waals surface area contributed by atoms with Crippen molar-refractivity contribution >= 4 is 0 Å². The molecule has 2 atom stereocenters. The first kappa shape index (κ1) is 15.0. The maximum Gasteiger partial charge on any atom is 0.119 e. The summed E-state index contributed by atoms with van der Waals surface area (Å²) in [5.74, 6) is 1.05. The predicted molar refractivity (Wildman–Crippen MR) is 75.9 cm³/mol. The normalized spacial score (nSPS) is 16.1. The molecule has 2 nitrogen and oxygen atoms in total. The van der Waals surface area contributed by atoms with Gasteiger partial charge in [0.05, 0.1) is 12.7 Å². The van der Waals surface area contributed by atoms with Gasteiger partial charge in [0, 0.05) is 0 Å². The number of hydrogen-bond donors (Lipinski definition) is 1. The smallest absolute Gasteiger partial charge is 0.119 e. The van der Waals surface area contributed by atoms with E-state index in [2.05, 4.69) is 13.8 Å². The number of ether oxygens (including phenoxy) is 1. The van der Waals surface area contributed by atoms with Crippen LogP contribution in [-0.2, 0) is 5.60 Å². The highest BCUT2D eigenvalue weighted by molar-refractivity contribution is 5.32. The van der Waals surface area contributed by atoms with E-state index in [9.17, 15) is 5.11 Å². The van der Waals surface area contributed by atoms with Gasteiger partial charge in [0.25, 0.3) is 0 Å². The average Bonchev–Trinajstić information content (AvgIpc) is 2.39. The molecule has 0 heterocycles. The van der Waals surface area contributed by atoms with Gasteiger partial charge in [0.2, 0.25) is 0 Å². The number of aliphatic hydroxyl groups is 1. The summed E-state index contributed by atoms with van der Waals surface area (Å²) in [5.41, 5.74) is 0.147. The number of rotatable bonds is 7. The Morgan fingerprint density at radius 1 is 1.33 bits per heavy atom. The first-order chi connectivity index (χ1) is 8.52. The van der Waals surface area contributed by atoms with Crippen LogP contribution in [0.4, 0.5) is 0 Å². The van der Waals surface area contributed by atoms with Crippen molar-refractivity contribution in [2.75, 3.05) is 7.11 Å². The molecule has 0 aromatic heterocycles. The highest BCUT2D eigenvalue weighted by Crippen LogP contribution is 2.34. The van der Waals surface area contributed by atoms with Crippen LogP contribution < -0.4 is 4.74 Å². The van der Waals surface area contributed by atoms with Crippen molar-refractivity contribution < 1.29 is 9.84 Å². The predicted octanol–water partition coefficient (Wildman–Crippen LogP) is 4.12. The maximum absolute atomic E-state index is 10.7. The summed E-state index contributed by atoms with van der Waals surface area (Å²) in [6.07, 6.45) is 4.68. The third-order valence-corrected chi connectivity index (χ3v) is 3.85. The summed E-state index contributed by atoms with van der Waals surface area (Å²) in [4.78, 5) is 0. The van der Waals surface area contributed by atoms with Gasteiger partial charge < -0.3 is 9.84 Å². The Kier molecular flexibility index (Phi) is 5.67. The van der Waals surface area contributed by atoms with E-state index in [0.29, 0.717) is 0 Å². The van der Waals surface area contributed by atoms with Crippen molar-refractivity contribution in [1.29, 1.82) is 0 Å². The van der Waals surface area contributed by atoms with Crippen molar-refractivity contribution in [3.05, 3.63) is 29.8 Å². The SMILES string of the molecule is CCCCC[C@H](C)[C@@](C)(O)c1cccc(OC)c1. The van der Waals surface area contributed by atoms with Crippen LogP contribution in [0, 0.1) is 5.92 Å². The minimum atomic E-state index is -0.789. The molecule has 0 bridgehead atoms. The largest absolute Gasteiger partial charge is 0.497 e. The highest BCUT2D eigenvalue weighted by atomic mass is 16.5. The molecule has 1 rings (SSSR count). The molecule has 0 aliphatic heterocycles. The van der Waals surface area contributed by atoms with Crippen LogP contribution in [0.15, 0.2) is 24.3 Å². The van der Waals surface area contributed by atoms with Gasteiger partial charge in [0.15, 0.2) is 0 Å². The average molecular weight is 250 g/mol. The molecule has 0 radical (unpaired) electrons. The third-order valence-electron chi connectivity index (χ3n) is 3.85. The Bertz CT molecular complexity index is 358. The summed E-state index contributed by atoms with van der Waals surface area (Å²) < 4.78 is 5.22. The summed E-state index contributed by atoms with van der Waals surface area (Å²) in [5, 5.41) is 10.7. The first-order valence-corrected chi connectivity index (χ1v) is 6.89. The van der Waals surface area contributed by atoms with Crippen LogP contribution >= 0.6 is 0 Å². The summed E-state index contributed by atoms with van der Waals surface area (Å²) >= 11 is 0. The number of unbranched alkanes of at least 4 members (excludes halogenated alkanes) is 2. The van der Waals surface area contributed by atoms with Crippen molar-refractivity contribution in [2.24, 2.45) is 5.92 Å². The van der Waals surface area contributed by atoms with Gasteiger partial charge in [-0.3, -0.25) is 0 Å². The second-order valence-corrected chi connectivity index (χ2v) is 5.28. The first-order valence-electron chi connectivity index (χ1n) is 6.89. The van der Waals surface area contributed by atoms with Gasteiger partial charge in [-0.15, -0.1) is 0 Å². The monoisotopic (exact) mass is 250 g/mol. The molecule has 0 spiro atoms. The van der Waals surface area contributed by atoms with Crippen molar-refractivity contribution in [2.45, 2.75) is 52.1 Å². The standard InChI is InChI=1S/C16H26O2/c1-5-6-7-9-13(2)16(3,17)14-10-8-11-15(12-14)18-4/h8,10-13,17H,5-7,9H2,1-4H3/t13-,16+/m0/s1. The zero-order valence-corrected chi connectivity index (χ0v) is 12.1. The molecule has 1 N–H and O–H groups in total. The Morgan fingerprint density at radius 2 is 2.06 bits per heavy atom. The van der Waals surface area contributed by atoms with Gasteiger partial charge >= 0.3 is 0 Å². The Balaban J connectivity index is 2.76. The van der Waals surface area contributed by atoms with Crippen molar-refractivity contribution in [3.63, 3.8) is 0 Å². The lowest BCUT2D eigenvalue weighted by molar-refractivity contribution is -0.00302. The quantitative estimate of drug-likeness (QED) is 0.738. The molecule has 0 fully saturated rings. The van der Waals surface area contributed by atoms with Gasteiger partial charge in [-0.1, -0.05) is 45.2 Å². The van der Waals surface area contributed by atoms with E-state index < -0.39 is 5.60 Å². The highest BCUT2D eigenvalue weighted by Gasteiger charge is 2.30. The fraction of sp³-hybridized carbons (Fsp3) is 0.625. The van der Waals surface area contributed by atoms with Gasteiger partial charge in [-0.25, -0.2) is 0 Å². The third kappa shape index (κ3) is 3.74. The number of benzene rings is 1. The maximum atomic E-state index is 10.7. The lowest BCUT2D eigenvalue weighted by Crippen LogP contribution is -2.29. The molecule has 0 saturated heterocycles. The molecular formula is C16H26O2. The Labute approximate surface area is 111 Å². The second kappa shape index (κ2) is 6.79. The molecule has 1 aromatic rings. The Morgan fingerprint density at radius 3 is 2.67 bits per heavy atom. The number of methoxy groups -OCH3 is 1. The fourth-order valence-corrected chi connectivity index (χ4v) is 2.20. The van der Waals surface area contributed by atoms with Crippen LogP contribution in [0.1, 0.15) is 52.0 Å².